The maximum atomic E-state index is 6.77. The third-order valence-electron chi connectivity index (χ3n) is 5.66. The molecule has 3 aliphatic rings. The summed E-state index contributed by atoms with van der Waals surface area (Å²) in [6.45, 7) is 11.4. The lowest BCUT2D eigenvalue weighted by molar-refractivity contribution is -0.162. The summed E-state index contributed by atoms with van der Waals surface area (Å²) < 4.78 is 5.85. The van der Waals surface area contributed by atoms with Gasteiger partial charge in [-0.3, -0.25) is 0 Å². The average molecular weight is 238 g/mol. The fourth-order valence-electron chi connectivity index (χ4n) is 4.34. The van der Waals surface area contributed by atoms with Gasteiger partial charge in [-0.2, -0.15) is 0 Å². The van der Waals surface area contributed by atoms with Crippen molar-refractivity contribution in [2.75, 3.05) is 26.2 Å². The minimum Gasteiger partial charge on any atom is -0.377 e. The van der Waals surface area contributed by atoms with Crippen molar-refractivity contribution in [1.29, 1.82) is 0 Å². The van der Waals surface area contributed by atoms with Crippen LogP contribution in [-0.2, 0) is 4.74 Å². The number of fused-ring (bicyclic) bond motifs is 1. The largest absolute Gasteiger partial charge is 0.377 e. The summed E-state index contributed by atoms with van der Waals surface area (Å²) in [5.41, 5.74) is 6.88. The van der Waals surface area contributed by atoms with Crippen LogP contribution in [0.25, 0.3) is 0 Å². The highest BCUT2D eigenvalue weighted by Gasteiger charge is 2.67. The molecule has 0 spiro atoms. The standard InChI is InChI=1S/C14H26N2O/c1-10-4-6-16(8-10)9-14(15)11-5-7-17-12(11)13(14,2)3/h10-12H,4-9,15H2,1-3H3. The van der Waals surface area contributed by atoms with E-state index in [4.69, 9.17) is 10.5 Å². The third kappa shape index (κ3) is 1.52. The highest BCUT2D eigenvalue weighted by Crippen LogP contribution is 2.58. The Hall–Kier alpha value is -0.120. The number of nitrogens with zero attached hydrogens (tertiary/aromatic N) is 1. The molecule has 4 atom stereocenters. The normalized spacial score (nSPS) is 49.1. The first-order chi connectivity index (χ1) is 7.95. The molecule has 2 N–H and O–H groups in total. The monoisotopic (exact) mass is 238 g/mol. The van der Waals surface area contributed by atoms with Gasteiger partial charge in [0.1, 0.15) is 0 Å². The highest BCUT2D eigenvalue weighted by atomic mass is 16.5. The van der Waals surface area contributed by atoms with Crippen molar-refractivity contribution >= 4 is 0 Å². The van der Waals surface area contributed by atoms with E-state index in [-0.39, 0.29) is 11.0 Å². The molecule has 3 heteroatoms. The van der Waals surface area contributed by atoms with Crippen LogP contribution in [0.3, 0.4) is 0 Å². The molecule has 3 nitrogen and oxygen atoms in total. The first kappa shape index (κ1) is 11.9. The van der Waals surface area contributed by atoms with Gasteiger partial charge in [-0.05, 0) is 25.3 Å². The topological polar surface area (TPSA) is 38.5 Å². The number of rotatable bonds is 2. The predicted molar refractivity (Wildman–Crippen MR) is 68.8 cm³/mol. The molecule has 3 rings (SSSR count). The molecule has 0 aromatic heterocycles. The van der Waals surface area contributed by atoms with Crippen LogP contribution >= 0.6 is 0 Å². The van der Waals surface area contributed by atoms with Crippen LogP contribution < -0.4 is 5.73 Å². The molecule has 0 amide bonds. The summed E-state index contributed by atoms with van der Waals surface area (Å²) in [5.74, 6) is 1.44. The molecule has 17 heavy (non-hydrogen) atoms. The smallest absolute Gasteiger partial charge is 0.0691 e. The van der Waals surface area contributed by atoms with Gasteiger partial charge < -0.3 is 15.4 Å². The number of likely N-dealkylation sites (tertiary alicyclic amines) is 1. The molecule has 98 valence electrons. The fourth-order valence-corrected chi connectivity index (χ4v) is 4.34. The van der Waals surface area contributed by atoms with Crippen LogP contribution in [0.2, 0.25) is 0 Å². The Morgan fingerprint density at radius 3 is 2.76 bits per heavy atom. The maximum absolute atomic E-state index is 6.77. The zero-order chi connectivity index (χ0) is 12.3. The van der Waals surface area contributed by atoms with Crippen LogP contribution in [0.15, 0.2) is 0 Å². The van der Waals surface area contributed by atoms with E-state index in [0.29, 0.717) is 12.0 Å². The minimum absolute atomic E-state index is 0.0295. The second-order valence-corrected chi connectivity index (χ2v) is 7.08. The van der Waals surface area contributed by atoms with Crippen LogP contribution in [0, 0.1) is 17.3 Å². The van der Waals surface area contributed by atoms with E-state index in [1.165, 1.54) is 19.5 Å². The Balaban J connectivity index is 1.72. The van der Waals surface area contributed by atoms with E-state index < -0.39 is 0 Å². The van der Waals surface area contributed by atoms with Gasteiger partial charge in [-0.25, -0.2) is 0 Å². The molecule has 1 aliphatic carbocycles. The number of hydrogen-bond donors (Lipinski definition) is 1. The summed E-state index contributed by atoms with van der Waals surface area (Å²) in [4.78, 5) is 2.57. The van der Waals surface area contributed by atoms with E-state index in [1.54, 1.807) is 0 Å². The van der Waals surface area contributed by atoms with Crippen LogP contribution in [0.5, 0.6) is 0 Å². The van der Waals surface area contributed by atoms with Crippen molar-refractivity contribution in [1.82, 2.24) is 4.90 Å². The Morgan fingerprint density at radius 2 is 2.12 bits per heavy atom. The molecule has 0 radical (unpaired) electrons. The van der Waals surface area contributed by atoms with Gasteiger partial charge in [0.05, 0.1) is 6.10 Å². The van der Waals surface area contributed by atoms with E-state index in [0.717, 1.165) is 25.5 Å². The van der Waals surface area contributed by atoms with Gasteiger partial charge in [0.25, 0.3) is 0 Å². The molecule has 2 saturated heterocycles. The SMILES string of the molecule is CC1CCN(CC2(N)C3CCOC3C2(C)C)C1. The van der Waals surface area contributed by atoms with Gasteiger partial charge in [-0.15, -0.1) is 0 Å². The molecular formula is C14H26N2O. The zero-order valence-corrected chi connectivity index (χ0v) is 11.4. The molecule has 1 saturated carbocycles. The second kappa shape index (κ2) is 3.69. The molecule has 4 unspecified atom stereocenters. The van der Waals surface area contributed by atoms with E-state index >= 15 is 0 Å². The lowest BCUT2D eigenvalue weighted by Crippen LogP contribution is -2.78. The average Bonchev–Trinajstić information content (AvgIpc) is 2.85. The number of ether oxygens (including phenoxy) is 1. The van der Waals surface area contributed by atoms with Gasteiger partial charge in [-0.1, -0.05) is 20.8 Å². The summed E-state index contributed by atoms with van der Waals surface area (Å²) in [6.07, 6.45) is 2.90. The first-order valence-electron chi connectivity index (χ1n) is 7.08. The molecular weight excluding hydrogens is 212 g/mol. The summed E-state index contributed by atoms with van der Waals surface area (Å²) in [5, 5.41) is 0. The van der Waals surface area contributed by atoms with E-state index in [2.05, 4.69) is 25.7 Å². The summed E-state index contributed by atoms with van der Waals surface area (Å²) in [7, 11) is 0. The third-order valence-corrected chi connectivity index (χ3v) is 5.66. The van der Waals surface area contributed by atoms with Crippen LogP contribution in [0.4, 0.5) is 0 Å². The molecule has 3 fully saturated rings. The minimum atomic E-state index is -0.0295. The highest BCUT2D eigenvalue weighted by molar-refractivity contribution is 5.21. The van der Waals surface area contributed by atoms with Crippen molar-refractivity contribution in [3.8, 4) is 0 Å². The molecule has 2 aliphatic heterocycles. The van der Waals surface area contributed by atoms with E-state index in [1.807, 2.05) is 0 Å². The zero-order valence-electron chi connectivity index (χ0n) is 11.4. The maximum Gasteiger partial charge on any atom is 0.0691 e. The summed E-state index contributed by atoms with van der Waals surface area (Å²) in [6, 6.07) is 0. The van der Waals surface area contributed by atoms with Crippen molar-refractivity contribution in [3.63, 3.8) is 0 Å². The Kier molecular flexibility index (Phi) is 2.59. The molecule has 2 heterocycles. The Labute approximate surface area is 105 Å². The first-order valence-corrected chi connectivity index (χ1v) is 7.08. The van der Waals surface area contributed by atoms with Crippen molar-refractivity contribution in [2.45, 2.75) is 45.3 Å². The fraction of sp³-hybridized carbons (Fsp3) is 1.00. The van der Waals surface area contributed by atoms with Gasteiger partial charge in [0.15, 0.2) is 0 Å². The van der Waals surface area contributed by atoms with Crippen molar-refractivity contribution in [2.24, 2.45) is 23.0 Å². The van der Waals surface area contributed by atoms with Gasteiger partial charge >= 0.3 is 0 Å². The quantitative estimate of drug-likeness (QED) is 0.792. The Bertz CT molecular complexity index is 317. The number of nitrogens with two attached hydrogens (primary N) is 1. The lowest BCUT2D eigenvalue weighted by Gasteiger charge is -2.63. The molecule has 0 bridgehead atoms. The lowest BCUT2D eigenvalue weighted by atomic mass is 9.48. The van der Waals surface area contributed by atoms with Gasteiger partial charge in [0, 0.05) is 36.6 Å². The van der Waals surface area contributed by atoms with Crippen LogP contribution in [-0.4, -0.2) is 42.8 Å². The van der Waals surface area contributed by atoms with Crippen molar-refractivity contribution in [3.05, 3.63) is 0 Å². The van der Waals surface area contributed by atoms with Crippen molar-refractivity contribution < 1.29 is 4.74 Å². The molecule has 0 aromatic rings. The predicted octanol–water partition coefficient (Wildman–Crippen LogP) is 1.47. The van der Waals surface area contributed by atoms with Crippen LogP contribution in [0.1, 0.15) is 33.6 Å². The Morgan fingerprint density at radius 1 is 1.35 bits per heavy atom. The molecule has 0 aromatic carbocycles. The van der Waals surface area contributed by atoms with E-state index in [9.17, 15) is 0 Å². The number of hydrogen-bond acceptors (Lipinski definition) is 3. The second-order valence-electron chi connectivity index (χ2n) is 7.08. The summed E-state index contributed by atoms with van der Waals surface area (Å²) >= 11 is 0. The van der Waals surface area contributed by atoms with Gasteiger partial charge in [0.2, 0.25) is 0 Å².